The number of hydrogen-bond donors (Lipinski definition) is 1. The Kier molecular flexibility index (Phi) is 92.7. The minimum absolute atomic E-state index is 0. The fourth-order valence-corrected chi connectivity index (χ4v) is 8.66. The van der Waals surface area contributed by atoms with Crippen LogP contribution in [-0.4, -0.2) is 24.0 Å². The third-order valence-corrected chi connectivity index (χ3v) is 11.8. The zero-order chi connectivity index (χ0) is 33.3. The van der Waals surface area contributed by atoms with E-state index in [9.17, 15) is 0 Å². The Morgan fingerprint density at radius 1 is 0.373 bits per heavy atom. The van der Waals surface area contributed by atoms with Crippen LogP contribution >= 0.6 is 17.2 Å². The summed E-state index contributed by atoms with van der Waals surface area (Å²) in [7, 11) is 2.18. The molecule has 0 aliphatic rings. The summed E-state index contributed by atoms with van der Waals surface area (Å²) in [6.45, 7) is 11.9. The van der Waals surface area contributed by atoms with Crippen LogP contribution in [0.15, 0.2) is 0 Å². The number of unbranched alkanes of at least 4 members (excludes halogenated alkanes) is 18. The van der Waals surface area contributed by atoms with E-state index in [0.29, 0.717) is 6.61 Å². The van der Waals surface area contributed by atoms with Gasteiger partial charge in [-0.3, -0.25) is 17.2 Å². The van der Waals surface area contributed by atoms with Gasteiger partial charge in [0, 0.05) is 43.7 Å². The Hall–Kier alpha value is 1.99. The summed E-state index contributed by atoms with van der Waals surface area (Å²) in [4.78, 5) is 0. The van der Waals surface area contributed by atoms with Gasteiger partial charge in [-0.05, 0) is 6.42 Å². The van der Waals surface area contributed by atoms with Crippen molar-refractivity contribution in [3.63, 3.8) is 0 Å². The van der Waals surface area contributed by atoms with Crippen LogP contribution in [-0.2, 0) is 37.1 Å². The van der Waals surface area contributed by atoms with Crippen molar-refractivity contribution < 1.29 is 42.2 Å². The van der Waals surface area contributed by atoms with Gasteiger partial charge in [-0.2, -0.15) is 12.8 Å². The molecule has 0 aliphatic heterocycles. The maximum absolute atomic E-state index is 9.09. The number of aliphatic hydroxyl groups excluding tert-OH is 1. The summed E-state index contributed by atoms with van der Waals surface area (Å²) in [6.07, 6.45) is 50.0. The predicted molar refractivity (Wildman–Crippen MR) is 243 cm³/mol. The van der Waals surface area contributed by atoms with Gasteiger partial charge in [0.15, 0.2) is 0 Å². The molecule has 5 heteroatoms. The molecule has 4 unspecified atom stereocenters. The Morgan fingerprint density at radius 3 is 1.00 bits per heavy atom. The van der Waals surface area contributed by atoms with E-state index in [2.05, 4.69) is 46.9 Å². The number of rotatable bonds is 37. The van der Waals surface area contributed by atoms with E-state index < -0.39 is 0 Å². The monoisotopic (exact) mass is 837 g/mol. The smallest absolute Gasteiger partial charge is 0.0431 e. The molecule has 0 spiro atoms. The Labute approximate surface area is 357 Å². The summed E-state index contributed by atoms with van der Waals surface area (Å²) >= 11 is 0. The summed E-state index contributed by atoms with van der Waals surface area (Å²) in [5, 5.41) is 9.09. The summed E-state index contributed by atoms with van der Waals surface area (Å²) in [6, 6.07) is 0. The Morgan fingerprint density at radius 2 is 0.667 bits per heavy atom. The van der Waals surface area contributed by atoms with Crippen LogP contribution in [0.3, 0.4) is 0 Å². The summed E-state index contributed by atoms with van der Waals surface area (Å²) < 4.78 is 0. The van der Waals surface area contributed by atoms with E-state index in [0.717, 1.165) is 35.4 Å². The van der Waals surface area contributed by atoms with Gasteiger partial charge in [0.25, 0.3) is 0 Å². The molecule has 0 saturated carbocycles. The zero-order valence-electron chi connectivity index (χ0n) is 33.0. The van der Waals surface area contributed by atoms with Crippen molar-refractivity contribution >= 4 is 17.2 Å². The first-order valence-corrected chi connectivity index (χ1v) is 23.5. The largest absolute Gasteiger partial charge is 0.396 e. The fraction of sp³-hybridized carbons (Fsp3) is 0.957. The van der Waals surface area contributed by atoms with Gasteiger partial charge in [-0.1, -0.05) is 262 Å². The zero-order valence-corrected chi connectivity index (χ0v) is 37.8. The molecule has 0 aromatic rings. The van der Waals surface area contributed by atoms with E-state index in [1.807, 2.05) is 0 Å². The Balaban J connectivity index is -0.000000108. The molecule has 0 aromatic heterocycles. The molecule has 1 nitrogen and oxygen atoms in total. The normalized spacial score (nSPS) is 11.6. The standard InChI is InChI=1S/C21H44OP.C21H44P.4CH4.2V/c1-3-5-7-9-10-12-15-21(16-14-18-22)17-20-23-19-13-11-8-6-4-2;1-4-7-9-11-12-14-17-21(16-6-3)18-20-22-19-15-13-10-8-5-2;;;;;;/h20-23H,3-19H2,1-2H3;20-22H,4-19H2,1-3H3;4*1H4;;/q2*-1;;;;;;. The molecule has 4 atom stereocenters. The van der Waals surface area contributed by atoms with Crippen molar-refractivity contribution in [2.75, 3.05) is 18.9 Å². The average molecular weight is 837 g/mol. The maximum atomic E-state index is 9.09. The molecular weight excluding hydrogens is 732 g/mol. The third kappa shape index (κ3) is 64.2. The van der Waals surface area contributed by atoms with Crippen LogP contribution in [0.4, 0.5) is 0 Å². The van der Waals surface area contributed by atoms with Crippen LogP contribution < -0.4 is 0 Å². The van der Waals surface area contributed by atoms with Gasteiger partial charge in [-0.15, -0.1) is 0 Å². The third-order valence-electron chi connectivity index (χ3n) is 9.44. The molecule has 0 heterocycles. The summed E-state index contributed by atoms with van der Waals surface area (Å²) in [5.41, 5.74) is 0. The molecule has 0 bridgehead atoms. The van der Waals surface area contributed by atoms with Crippen LogP contribution in [0.2, 0.25) is 0 Å². The second-order valence-electron chi connectivity index (χ2n) is 14.1. The van der Waals surface area contributed by atoms with Crippen molar-refractivity contribution in [1.82, 2.24) is 0 Å². The first-order valence-electron chi connectivity index (χ1n) is 20.9. The van der Waals surface area contributed by atoms with Crippen molar-refractivity contribution in [2.45, 2.75) is 257 Å². The molecule has 0 aromatic carbocycles. The molecule has 0 saturated heterocycles. The number of hydrogen-bond acceptors (Lipinski definition) is 1. The quantitative estimate of drug-likeness (QED) is 0.0375. The molecule has 0 fully saturated rings. The second kappa shape index (κ2) is 66.8. The van der Waals surface area contributed by atoms with Crippen molar-refractivity contribution in [3.8, 4) is 0 Å². The van der Waals surface area contributed by atoms with Gasteiger partial charge >= 0.3 is 0 Å². The van der Waals surface area contributed by atoms with E-state index in [1.165, 1.54) is 199 Å². The molecule has 0 aliphatic carbocycles. The predicted octanol–water partition coefficient (Wildman–Crippen LogP) is 18.2. The van der Waals surface area contributed by atoms with Crippen LogP contribution in [0.25, 0.3) is 0 Å². The van der Waals surface area contributed by atoms with Crippen molar-refractivity contribution in [2.24, 2.45) is 11.8 Å². The van der Waals surface area contributed by atoms with E-state index >= 15 is 0 Å². The minimum Gasteiger partial charge on any atom is -0.396 e. The first kappa shape index (κ1) is 70.8. The van der Waals surface area contributed by atoms with E-state index in [1.54, 1.807) is 0 Å². The van der Waals surface area contributed by atoms with Crippen molar-refractivity contribution in [1.29, 1.82) is 0 Å². The van der Waals surface area contributed by atoms with Gasteiger partial charge in [0.05, 0.1) is 0 Å². The SMILES string of the molecule is C.C.C.C.CCCCCCCCC(C[CH-]PCCCCCCC)CCC.CCCCCCCCC(C[CH-]PCCCCCCC)CCCO.[V].[V]. The molecule has 0 rings (SSSR count). The summed E-state index contributed by atoms with van der Waals surface area (Å²) in [5.74, 6) is 1.82. The minimum atomic E-state index is 0. The van der Waals surface area contributed by atoms with E-state index in [4.69, 9.17) is 5.11 Å². The molecule has 1 N–H and O–H groups in total. The van der Waals surface area contributed by atoms with Crippen LogP contribution in [0, 0.1) is 24.2 Å². The molecule has 51 heavy (non-hydrogen) atoms. The van der Waals surface area contributed by atoms with Crippen LogP contribution in [0.5, 0.6) is 0 Å². The topological polar surface area (TPSA) is 20.2 Å². The first-order chi connectivity index (χ1) is 22.2. The molecule has 316 valence electrons. The van der Waals surface area contributed by atoms with Gasteiger partial charge < -0.3 is 17.4 Å². The van der Waals surface area contributed by atoms with Gasteiger partial charge in [-0.25, -0.2) is 0 Å². The molecular formula is C46H104OP2V2-2. The van der Waals surface area contributed by atoms with Gasteiger partial charge in [0.2, 0.25) is 0 Å². The van der Waals surface area contributed by atoms with Crippen molar-refractivity contribution in [3.05, 3.63) is 12.3 Å². The van der Waals surface area contributed by atoms with Crippen LogP contribution in [0.1, 0.15) is 257 Å². The average Bonchev–Trinajstić information content (AvgIpc) is 3.05. The fourth-order valence-electron chi connectivity index (χ4n) is 6.34. The van der Waals surface area contributed by atoms with E-state index in [-0.39, 0.29) is 66.8 Å². The molecule has 2 radical (unpaired) electrons. The Bertz CT molecular complexity index is 498. The van der Waals surface area contributed by atoms with Gasteiger partial charge in [0.1, 0.15) is 0 Å². The molecule has 0 amide bonds. The second-order valence-corrected chi connectivity index (χ2v) is 16.7. The number of aliphatic hydroxyl groups is 1. The maximum Gasteiger partial charge on any atom is 0.0431 e.